The number of alkyl halides is 3. The average Bonchev–Trinajstić information content (AvgIpc) is 2.58. The van der Waals surface area contributed by atoms with E-state index in [1.807, 2.05) is 0 Å². The number of piperazine rings is 1. The van der Waals surface area contributed by atoms with Crippen molar-refractivity contribution < 1.29 is 17.9 Å². The van der Waals surface area contributed by atoms with Gasteiger partial charge in [-0.25, -0.2) is 0 Å². The zero-order valence-electron chi connectivity index (χ0n) is 14.9. The smallest absolute Gasteiger partial charge is 0.416 e. The van der Waals surface area contributed by atoms with E-state index in [0.29, 0.717) is 5.56 Å². The van der Waals surface area contributed by atoms with E-state index in [9.17, 15) is 13.2 Å². The van der Waals surface area contributed by atoms with Crippen molar-refractivity contribution in [2.45, 2.75) is 44.8 Å². The van der Waals surface area contributed by atoms with Crippen LogP contribution in [0, 0.1) is 0 Å². The van der Waals surface area contributed by atoms with Gasteiger partial charge >= 0.3 is 6.18 Å². The molecule has 1 heterocycles. The minimum atomic E-state index is -4.37. The number of nitrogens with one attached hydrogen (secondary N) is 1. The second-order valence-corrected chi connectivity index (χ2v) is 6.25. The molecule has 0 saturated carbocycles. The lowest BCUT2D eigenvalue weighted by atomic mass is 9.93. The fourth-order valence-corrected chi connectivity index (χ4v) is 3.31. The third kappa shape index (κ3) is 6.04. The Morgan fingerprint density at radius 3 is 2.44 bits per heavy atom. The van der Waals surface area contributed by atoms with Crippen molar-refractivity contribution in [2.24, 2.45) is 0 Å². The van der Waals surface area contributed by atoms with Crippen LogP contribution >= 0.6 is 12.4 Å². The summed E-state index contributed by atoms with van der Waals surface area (Å²) in [6.07, 6.45) is -0.582. The van der Waals surface area contributed by atoms with E-state index in [0.717, 1.165) is 57.9 Å². The van der Waals surface area contributed by atoms with Gasteiger partial charge in [-0.1, -0.05) is 32.3 Å². The lowest BCUT2D eigenvalue weighted by Gasteiger charge is -2.36. The summed E-state index contributed by atoms with van der Waals surface area (Å²) in [5.74, 6) is 0.249. The standard InChI is InChI=1S/C18H27F3N2O.ClH/c1-3-4-5-6-17(23-11-9-22-10-12-23)15-8-7-14(24-2)13-16(15)18(19,20)21;/h7-8,13,17,22H,3-6,9-12H2,1-2H3;1H/t17-;/m1./s1. The average molecular weight is 381 g/mol. The zero-order chi connectivity index (χ0) is 17.6. The van der Waals surface area contributed by atoms with E-state index in [2.05, 4.69) is 17.1 Å². The Bertz CT molecular complexity index is 520. The molecule has 1 atom stereocenters. The summed E-state index contributed by atoms with van der Waals surface area (Å²) in [5.41, 5.74) is -0.191. The molecule has 0 amide bonds. The first kappa shape index (κ1) is 22.1. The number of nitrogens with zero attached hydrogens (tertiary/aromatic N) is 1. The van der Waals surface area contributed by atoms with Crippen molar-refractivity contribution in [3.8, 4) is 5.75 Å². The summed E-state index contributed by atoms with van der Waals surface area (Å²) in [7, 11) is 1.39. The summed E-state index contributed by atoms with van der Waals surface area (Å²) in [6.45, 7) is 5.30. The maximum Gasteiger partial charge on any atom is 0.416 e. The van der Waals surface area contributed by atoms with Crippen LogP contribution in [0.5, 0.6) is 5.75 Å². The van der Waals surface area contributed by atoms with Gasteiger partial charge in [0.1, 0.15) is 5.75 Å². The highest BCUT2D eigenvalue weighted by Gasteiger charge is 2.37. The van der Waals surface area contributed by atoms with Crippen LogP contribution in [0.2, 0.25) is 0 Å². The number of ether oxygens (including phenoxy) is 1. The molecule has 0 aromatic heterocycles. The van der Waals surface area contributed by atoms with Gasteiger partial charge in [-0.2, -0.15) is 13.2 Å². The topological polar surface area (TPSA) is 24.5 Å². The molecule has 0 spiro atoms. The number of unbranched alkanes of at least 4 members (excludes halogenated alkanes) is 2. The van der Waals surface area contributed by atoms with E-state index in [1.54, 1.807) is 12.1 Å². The van der Waals surface area contributed by atoms with E-state index in [1.165, 1.54) is 7.11 Å². The predicted octanol–water partition coefficient (Wildman–Crippen LogP) is 4.66. The molecule has 2 rings (SSSR count). The number of hydrogen-bond donors (Lipinski definition) is 1. The van der Waals surface area contributed by atoms with Gasteiger partial charge in [0, 0.05) is 32.2 Å². The zero-order valence-corrected chi connectivity index (χ0v) is 15.7. The lowest BCUT2D eigenvalue weighted by molar-refractivity contribution is -0.139. The van der Waals surface area contributed by atoms with Crippen molar-refractivity contribution in [3.05, 3.63) is 29.3 Å². The van der Waals surface area contributed by atoms with E-state index >= 15 is 0 Å². The fourth-order valence-electron chi connectivity index (χ4n) is 3.31. The molecule has 0 bridgehead atoms. The van der Waals surface area contributed by atoms with Crippen molar-refractivity contribution in [3.63, 3.8) is 0 Å². The number of hydrogen-bond acceptors (Lipinski definition) is 3. The third-order valence-electron chi connectivity index (χ3n) is 4.60. The SMILES string of the molecule is CCCCC[C@H](c1ccc(OC)cc1C(F)(F)F)N1CCNCC1.Cl. The molecule has 7 heteroatoms. The highest BCUT2D eigenvalue weighted by molar-refractivity contribution is 5.85. The van der Waals surface area contributed by atoms with Gasteiger partial charge in [0.05, 0.1) is 12.7 Å². The minimum absolute atomic E-state index is 0. The van der Waals surface area contributed by atoms with Crippen LogP contribution in [0.1, 0.15) is 49.8 Å². The first-order valence-electron chi connectivity index (χ1n) is 8.67. The third-order valence-corrected chi connectivity index (χ3v) is 4.60. The molecule has 1 aliphatic heterocycles. The largest absolute Gasteiger partial charge is 0.497 e. The van der Waals surface area contributed by atoms with Gasteiger partial charge < -0.3 is 10.1 Å². The molecular formula is C18H28ClF3N2O. The molecule has 0 radical (unpaired) electrons. The first-order valence-corrected chi connectivity index (χ1v) is 8.67. The monoisotopic (exact) mass is 380 g/mol. The first-order chi connectivity index (χ1) is 11.5. The Balaban J connectivity index is 0.00000312. The molecule has 1 saturated heterocycles. The molecule has 3 nitrogen and oxygen atoms in total. The van der Waals surface area contributed by atoms with E-state index in [-0.39, 0.29) is 24.2 Å². The van der Waals surface area contributed by atoms with Gasteiger partial charge in [0.2, 0.25) is 0 Å². The lowest BCUT2D eigenvalue weighted by Crippen LogP contribution is -2.45. The fraction of sp³-hybridized carbons (Fsp3) is 0.667. The number of benzene rings is 1. The Hall–Kier alpha value is -0.980. The maximum absolute atomic E-state index is 13.6. The van der Waals surface area contributed by atoms with Crippen LogP contribution in [-0.2, 0) is 6.18 Å². The van der Waals surface area contributed by atoms with Crippen molar-refractivity contribution in [1.29, 1.82) is 0 Å². The van der Waals surface area contributed by atoms with Crippen LogP contribution < -0.4 is 10.1 Å². The summed E-state index contributed by atoms with van der Waals surface area (Å²) in [4.78, 5) is 2.18. The van der Waals surface area contributed by atoms with Gasteiger partial charge in [-0.15, -0.1) is 12.4 Å². The summed E-state index contributed by atoms with van der Waals surface area (Å²) < 4.78 is 45.8. The molecule has 25 heavy (non-hydrogen) atoms. The van der Waals surface area contributed by atoms with Crippen molar-refractivity contribution in [1.82, 2.24) is 10.2 Å². The quantitative estimate of drug-likeness (QED) is 0.696. The maximum atomic E-state index is 13.6. The van der Waals surface area contributed by atoms with Crippen LogP contribution in [0.25, 0.3) is 0 Å². The number of rotatable bonds is 7. The summed E-state index contributed by atoms with van der Waals surface area (Å²) in [5, 5.41) is 3.27. The molecule has 144 valence electrons. The number of methoxy groups -OCH3 is 1. The Morgan fingerprint density at radius 1 is 1.20 bits per heavy atom. The van der Waals surface area contributed by atoms with Gasteiger partial charge in [-0.05, 0) is 24.1 Å². The number of halogens is 4. The van der Waals surface area contributed by atoms with Gasteiger partial charge in [0.15, 0.2) is 0 Å². The molecule has 0 unspecified atom stereocenters. The minimum Gasteiger partial charge on any atom is -0.497 e. The van der Waals surface area contributed by atoms with Crippen LogP contribution in [0.15, 0.2) is 18.2 Å². The highest BCUT2D eigenvalue weighted by atomic mass is 35.5. The second kappa shape index (κ2) is 10.2. The molecule has 1 fully saturated rings. The predicted molar refractivity (Wildman–Crippen MR) is 96.6 cm³/mol. The van der Waals surface area contributed by atoms with Crippen molar-refractivity contribution >= 4 is 12.4 Å². The van der Waals surface area contributed by atoms with E-state index in [4.69, 9.17) is 4.74 Å². The van der Waals surface area contributed by atoms with Crippen LogP contribution in [-0.4, -0.2) is 38.2 Å². The van der Waals surface area contributed by atoms with Crippen LogP contribution in [0.4, 0.5) is 13.2 Å². The normalized spacial score (nSPS) is 17.0. The molecular weight excluding hydrogens is 353 g/mol. The highest BCUT2D eigenvalue weighted by Crippen LogP contribution is 2.40. The summed E-state index contributed by atoms with van der Waals surface area (Å²) in [6, 6.07) is 4.17. The second-order valence-electron chi connectivity index (χ2n) is 6.25. The summed E-state index contributed by atoms with van der Waals surface area (Å²) >= 11 is 0. The van der Waals surface area contributed by atoms with Crippen molar-refractivity contribution in [2.75, 3.05) is 33.3 Å². The molecule has 0 aliphatic carbocycles. The molecule has 1 N–H and O–H groups in total. The Morgan fingerprint density at radius 2 is 1.88 bits per heavy atom. The Labute approximate surface area is 154 Å². The van der Waals surface area contributed by atoms with Crippen LogP contribution in [0.3, 0.4) is 0 Å². The Kier molecular flexibility index (Phi) is 9.03. The van der Waals surface area contributed by atoms with Gasteiger partial charge in [-0.3, -0.25) is 4.90 Å². The van der Waals surface area contributed by atoms with Gasteiger partial charge in [0.25, 0.3) is 0 Å². The molecule has 1 aromatic carbocycles. The molecule has 1 aliphatic rings. The van der Waals surface area contributed by atoms with E-state index < -0.39 is 11.7 Å². The molecule has 1 aromatic rings.